The van der Waals surface area contributed by atoms with E-state index in [4.69, 9.17) is 17.0 Å². The number of rotatable bonds is 4. The van der Waals surface area contributed by atoms with Gasteiger partial charge < -0.3 is 19.9 Å². The molecule has 2 aromatic carbocycles. The van der Waals surface area contributed by atoms with Crippen LogP contribution in [0.4, 0.5) is 11.4 Å². The number of piperazine rings is 1. The van der Waals surface area contributed by atoms with Crippen LogP contribution in [0.3, 0.4) is 0 Å². The predicted octanol–water partition coefficient (Wildman–Crippen LogP) is 4.30. The first-order valence-corrected chi connectivity index (χ1v) is 9.60. The summed E-state index contributed by atoms with van der Waals surface area (Å²) in [5, 5.41) is 4.12. The lowest BCUT2D eigenvalue weighted by molar-refractivity contribution is 0.338. The van der Waals surface area contributed by atoms with Crippen LogP contribution in [0, 0.1) is 6.92 Å². The molecule has 1 heterocycles. The van der Waals surface area contributed by atoms with Gasteiger partial charge in [-0.05, 0) is 57.3 Å². The molecule has 138 valence electrons. The van der Waals surface area contributed by atoms with Gasteiger partial charge in [0.15, 0.2) is 5.11 Å². The van der Waals surface area contributed by atoms with Crippen molar-refractivity contribution in [2.45, 2.75) is 26.8 Å². The molecule has 0 saturated carbocycles. The average Bonchev–Trinajstić information content (AvgIpc) is 2.64. The number of benzene rings is 2. The summed E-state index contributed by atoms with van der Waals surface area (Å²) in [6.45, 7) is 9.76. The fraction of sp³-hybridized carbons (Fsp3) is 0.381. The molecule has 0 amide bonds. The molecule has 3 rings (SSSR count). The molecule has 1 fully saturated rings. The van der Waals surface area contributed by atoms with E-state index in [-0.39, 0.29) is 0 Å². The van der Waals surface area contributed by atoms with Crippen molar-refractivity contribution < 1.29 is 4.74 Å². The van der Waals surface area contributed by atoms with E-state index in [1.807, 2.05) is 31.2 Å². The lowest BCUT2D eigenvalue weighted by Gasteiger charge is -2.42. The Morgan fingerprint density at radius 3 is 2.58 bits per heavy atom. The van der Waals surface area contributed by atoms with Crippen LogP contribution in [0.2, 0.25) is 0 Å². The van der Waals surface area contributed by atoms with E-state index in [0.717, 1.165) is 36.2 Å². The highest BCUT2D eigenvalue weighted by Gasteiger charge is 2.25. The first-order chi connectivity index (χ1) is 12.6. The number of thiocarbonyl (C=S) groups is 1. The third-order valence-electron chi connectivity index (χ3n) is 4.71. The maximum absolute atomic E-state index is 5.68. The molecule has 4 nitrogen and oxygen atoms in total. The molecule has 1 aliphatic rings. The predicted molar refractivity (Wildman–Crippen MR) is 113 cm³/mol. The normalized spacial score (nSPS) is 17.1. The van der Waals surface area contributed by atoms with Gasteiger partial charge in [-0.15, -0.1) is 0 Å². The number of para-hydroxylation sites is 2. The van der Waals surface area contributed by atoms with Gasteiger partial charge in [0.25, 0.3) is 0 Å². The highest BCUT2D eigenvalue weighted by Crippen LogP contribution is 2.25. The van der Waals surface area contributed by atoms with E-state index in [9.17, 15) is 0 Å². The number of nitrogens with one attached hydrogen (secondary N) is 1. The van der Waals surface area contributed by atoms with E-state index in [2.05, 4.69) is 53.2 Å². The van der Waals surface area contributed by atoms with Crippen molar-refractivity contribution in [2.75, 3.05) is 36.5 Å². The monoisotopic (exact) mass is 369 g/mol. The second-order valence-corrected chi connectivity index (χ2v) is 7.07. The highest BCUT2D eigenvalue weighted by atomic mass is 32.1. The minimum absolute atomic E-state index is 0.397. The van der Waals surface area contributed by atoms with Gasteiger partial charge >= 0.3 is 0 Å². The number of hydrogen-bond acceptors (Lipinski definition) is 3. The molecule has 1 saturated heterocycles. The number of nitrogens with zero attached hydrogens (tertiary/aromatic N) is 2. The molecule has 0 bridgehead atoms. The minimum Gasteiger partial charge on any atom is -0.492 e. The third kappa shape index (κ3) is 4.28. The summed E-state index contributed by atoms with van der Waals surface area (Å²) < 4.78 is 5.68. The van der Waals surface area contributed by atoms with E-state index < -0.39 is 0 Å². The molecule has 0 aromatic heterocycles. The Labute approximate surface area is 161 Å². The van der Waals surface area contributed by atoms with E-state index in [0.29, 0.717) is 12.6 Å². The van der Waals surface area contributed by atoms with Gasteiger partial charge in [-0.25, -0.2) is 0 Å². The molecule has 0 aliphatic carbocycles. The Kier molecular flexibility index (Phi) is 5.99. The topological polar surface area (TPSA) is 27.7 Å². The molecule has 1 aliphatic heterocycles. The number of aryl methyl sites for hydroxylation is 1. The first kappa shape index (κ1) is 18.5. The fourth-order valence-electron chi connectivity index (χ4n) is 3.31. The molecule has 2 aromatic rings. The summed E-state index contributed by atoms with van der Waals surface area (Å²) in [5.74, 6) is 0.837. The summed E-state index contributed by atoms with van der Waals surface area (Å²) in [7, 11) is 0. The minimum atomic E-state index is 0.397. The van der Waals surface area contributed by atoms with Crippen molar-refractivity contribution >= 4 is 28.7 Å². The molecule has 26 heavy (non-hydrogen) atoms. The van der Waals surface area contributed by atoms with Crippen LogP contribution in [0.25, 0.3) is 0 Å². The van der Waals surface area contributed by atoms with E-state index in [1.54, 1.807) is 0 Å². The van der Waals surface area contributed by atoms with Crippen LogP contribution < -0.4 is 15.0 Å². The van der Waals surface area contributed by atoms with Crippen LogP contribution in [0.15, 0.2) is 48.5 Å². The number of hydrogen-bond donors (Lipinski definition) is 1. The Hall–Kier alpha value is -2.27. The van der Waals surface area contributed by atoms with Crippen molar-refractivity contribution in [3.05, 3.63) is 54.1 Å². The van der Waals surface area contributed by atoms with Crippen molar-refractivity contribution in [1.82, 2.24) is 4.90 Å². The van der Waals surface area contributed by atoms with Crippen LogP contribution in [-0.4, -0.2) is 42.3 Å². The van der Waals surface area contributed by atoms with Gasteiger partial charge in [-0.2, -0.15) is 0 Å². The summed E-state index contributed by atoms with van der Waals surface area (Å²) in [6, 6.07) is 17.1. The first-order valence-electron chi connectivity index (χ1n) is 9.19. The van der Waals surface area contributed by atoms with Gasteiger partial charge in [0.05, 0.1) is 12.3 Å². The smallest absolute Gasteiger partial charge is 0.173 e. The Morgan fingerprint density at radius 2 is 1.88 bits per heavy atom. The SMILES string of the molecule is CCOc1ccccc1NC(=S)N1CCN(c2ccc(C)cc2)[C@H](C)C1. The summed E-state index contributed by atoms with van der Waals surface area (Å²) >= 11 is 5.67. The fourth-order valence-corrected chi connectivity index (χ4v) is 3.58. The summed E-state index contributed by atoms with van der Waals surface area (Å²) in [5.41, 5.74) is 3.50. The second kappa shape index (κ2) is 8.41. The lowest BCUT2D eigenvalue weighted by atomic mass is 10.1. The molecule has 1 atom stereocenters. The summed E-state index contributed by atoms with van der Waals surface area (Å²) in [6.07, 6.45) is 0. The third-order valence-corrected chi connectivity index (χ3v) is 5.07. The van der Waals surface area contributed by atoms with Crippen LogP contribution in [0.5, 0.6) is 5.75 Å². The molecule has 0 spiro atoms. The van der Waals surface area contributed by atoms with Gasteiger partial charge in [0, 0.05) is 31.4 Å². The molecular weight excluding hydrogens is 342 g/mol. The van der Waals surface area contributed by atoms with Crippen LogP contribution in [0.1, 0.15) is 19.4 Å². The molecule has 0 unspecified atom stereocenters. The molecule has 5 heteroatoms. The highest BCUT2D eigenvalue weighted by molar-refractivity contribution is 7.80. The van der Waals surface area contributed by atoms with Crippen molar-refractivity contribution in [1.29, 1.82) is 0 Å². The maximum Gasteiger partial charge on any atom is 0.173 e. The summed E-state index contributed by atoms with van der Waals surface area (Å²) in [4.78, 5) is 4.69. The Morgan fingerprint density at radius 1 is 1.15 bits per heavy atom. The van der Waals surface area contributed by atoms with Crippen LogP contribution >= 0.6 is 12.2 Å². The number of ether oxygens (including phenoxy) is 1. The Bertz CT molecular complexity index is 747. The average molecular weight is 370 g/mol. The van der Waals surface area contributed by atoms with Gasteiger partial charge in [0.1, 0.15) is 5.75 Å². The molecule has 1 N–H and O–H groups in total. The van der Waals surface area contributed by atoms with Crippen LogP contribution in [-0.2, 0) is 0 Å². The zero-order valence-corrected chi connectivity index (χ0v) is 16.6. The Balaban J connectivity index is 1.63. The zero-order valence-electron chi connectivity index (χ0n) is 15.7. The quantitative estimate of drug-likeness (QED) is 0.811. The zero-order chi connectivity index (χ0) is 18.5. The maximum atomic E-state index is 5.68. The van der Waals surface area contributed by atoms with Crippen molar-refractivity contribution in [3.63, 3.8) is 0 Å². The molecular formula is C21H27N3OS. The van der Waals surface area contributed by atoms with Gasteiger partial charge in [-0.3, -0.25) is 0 Å². The number of anilines is 2. The van der Waals surface area contributed by atoms with Gasteiger partial charge in [-0.1, -0.05) is 29.8 Å². The lowest BCUT2D eigenvalue weighted by Crippen LogP contribution is -2.54. The largest absolute Gasteiger partial charge is 0.492 e. The van der Waals surface area contributed by atoms with Gasteiger partial charge in [0.2, 0.25) is 0 Å². The second-order valence-electron chi connectivity index (χ2n) is 6.68. The molecule has 0 radical (unpaired) electrons. The van der Waals surface area contributed by atoms with Crippen molar-refractivity contribution in [2.24, 2.45) is 0 Å². The van der Waals surface area contributed by atoms with E-state index in [1.165, 1.54) is 11.3 Å². The van der Waals surface area contributed by atoms with E-state index >= 15 is 0 Å². The van der Waals surface area contributed by atoms with Crippen molar-refractivity contribution in [3.8, 4) is 5.75 Å². The standard InChI is InChI=1S/C21H27N3OS/c1-4-25-20-8-6-5-7-19(20)22-21(26)23-13-14-24(17(3)15-23)18-11-9-16(2)10-12-18/h5-12,17H,4,13-15H2,1-3H3,(H,22,26)/t17-/m1/s1.